The topological polar surface area (TPSA) is 127 Å². The Balaban J connectivity index is 1.84. The van der Waals surface area contributed by atoms with Gasteiger partial charge >= 0.3 is 12.2 Å². The lowest BCUT2D eigenvalue weighted by Crippen LogP contribution is -2.57. The zero-order chi connectivity index (χ0) is 24.3. The van der Waals surface area contributed by atoms with Gasteiger partial charge in [-0.15, -0.1) is 0 Å². The third kappa shape index (κ3) is 11.6. The van der Waals surface area contributed by atoms with Crippen molar-refractivity contribution in [3.63, 3.8) is 0 Å². The van der Waals surface area contributed by atoms with E-state index in [1.165, 1.54) is 11.8 Å². The highest BCUT2D eigenvalue weighted by atomic mass is 35.6. The Bertz CT molecular complexity index is 844. The molecule has 1 aromatic carbocycles. The summed E-state index contributed by atoms with van der Waals surface area (Å²) in [6.07, 6.45) is 0.648. The number of nitrogens with one attached hydrogen (secondary N) is 3. The molecule has 184 valence electrons. The summed E-state index contributed by atoms with van der Waals surface area (Å²) < 4.78 is 27.9. The Morgan fingerprint density at radius 3 is 2.67 bits per heavy atom. The number of aliphatic imine (C=N–C) groups is 1. The number of amides is 2. The number of thioether (sulfide) groups is 1. The van der Waals surface area contributed by atoms with Gasteiger partial charge < -0.3 is 14.8 Å². The number of benzene rings is 1. The largest absolute Gasteiger partial charge is 0.445 e. The second-order valence-electron chi connectivity index (χ2n) is 6.55. The number of carbonyl (C=O) groups is 2. The van der Waals surface area contributed by atoms with Crippen molar-refractivity contribution in [1.29, 1.82) is 0 Å². The van der Waals surface area contributed by atoms with Gasteiger partial charge in [-0.25, -0.2) is 18.5 Å². The van der Waals surface area contributed by atoms with Crippen LogP contribution in [0, 0.1) is 0 Å². The third-order valence-electron chi connectivity index (χ3n) is 4.07. The van der Waals surface area contributed by atoms with Crippen LogP contribution in [0.15, 0.2) is 35.3 Å². The van der Waals surface area contributed by atoms with Gasteiger partial charge in [0.05, 0.1) is 12.6 Å². The summed E-state index contributed by atoms with van der Waals surface area (Å²) in [4.78, 5) is 28.2. The first-order valence-corrected chi connectivity index (χ1v) is 13.0. The lowest BCUT2D eigenvalue weighted by molar-refractivity contribution is 0.124. The molecule has 1 aliphatic heterocycles. The summed E-state index contributed by atoms with van der Waals surface area (Å²) in [6, 6.07) is 8.33. The first-order valence-electron chi connectivity index (χ1n) is 9.53. The molecule has 0 spiro atoms. The van der Waals surface area contributed by atoms with Gasteiger partial charge in [0.25, 0.3) is 0 Å². The summed E-state index contributed by atoms with van der Waals surface area (Å²) in [6.45, 7) is -0.0270. The van der Waals surface area contributed by atoms with Crippen molar-refractivity contribution in [2.45, 2.75) is 28.9 Å². The van der Waals surface area contributed by atoms with Crippen molar-refractivity contribution < 1.29 is 27.5 Å². The second-order valence-corrected chi connectivity index (χ2v) is 10.8. The number of alkyl carbamates (subject to hydrolysis) is 2. The standard InChI is InChI=1S/C18H23Cl3N4O6S2/c1-32-15(24-17(27)30-11-18(19,20)21)22-8-7-13-14(10-31-33(28)25-13)23-16(26)29-9-12-5-3-2-4-6-12/h2-6,13-14,25H,7-11H2,1H3,(H,23,26)(H,22,24,27)/t13-,14-,33?/m1/s1. The molecule has 1 aromatic rings. The van der Waals surface area contributed by atoms with Crippen molar-refractivity contribution in [1.82, 2.24) is 15.4 Å². The first kappa shape index (κ1) is 28.0. The van der Waals surface area contributed by atoms with E-state index in [-0.39, 0.29) is 24.9 Å². The molecule has 2 amide bonds. The number of amidine groups is 1. The minimum absolute atomic E-state index is 0.0332. The van der Waals surface area contributed by atoms with Crippen molar-refractivity contribution in [3.8, 4) is 0 Å². The zero-order valence-electron chi connectivity index (χ0n) is 17.4. The van der Waals surface area contributed by atoms with Crippen LogP contribution in [-0.2, 0) is 31.5 Å². The number of ether oxygens (including phenoxy) is 2. The molecule has 0 radical (unpaired) electrons. The molecule has 10 nitrogen and oxygen atoms in total. The van der Waals surface area contributed by atoms with Gasteiger partial charge in [0.15, 0.2) is 5.17 Å². The number of carbonyl (C=O) groups excluding carboxylic acids is 2. The molecule has 3 N–H and O–H groups in total. The molecule has 0 saturated carbocycles. The fraction of sp³-hybridized carbons (Fsp3) is 0.500. The molecular weight excluding hydrogens is 539 g/mol. The van der Waals surface area contributed by atoms with Gasteiger partial charge in [-0.1, -0.05) is 76.9 Å². The van der Waals surface area contributed by atoms with Crippen LogP contribution in [-0.4, -0.2) is 63.5 Å². The molecule has 3 atom stereocenters. The fourth-order valence-corrected chi connectivity index (χ4v) is 3.98. The number of hydrogen-bond acceptors (Lipinski definition) is 8. The van der Waals surface area contributed by atoms with E-state index >= 15 is 0 Å². The van der Waals surface area contributed by atoms with Crippen LogP contribution >= 0.6 is 46.6 Å². The third-order valence-corrected chi connectivity index (χ3v) is 5.86. The van der Waals surface area contributed by atoms with Crippen molar-refractivity contribution in [2.75, 3.05) is 26.0 Å². The van der Waals surface area contributed by atoms with Crippen molar-refractivity contribution in [3.05, 3.63) is 35.9 Å². The Morgan fingerprint density at radius 2 is 2.00 bits per heavy atom. The predicted molar refractivity (Wildman–Crippen MR) is 130 cm³/mol. The van der Waals surface area contributed by atoms with Crippen LogP contribution in [0.25, 0.3) is 0 Å². The van der Waals surface area contributed by atoms with Gasteiger partial charge in [0, 0.05) is 12.6 Å². The summed E-state index contributed by atoms with van der Waals surface area (Å²) >= 11 is 16.1. The zero-order valence-corrected chi connectivity index (χ0v) is 21.3. The van der Waals surface area contributed by atoms with Gasteiger partial charge in [-0.3, -0.25) is 14.5 Å². The van der Waals surface area contributed by atoms with E-state index < -0.39 is 45.9 Å². The lowest BCUT2D eigenvalue weighted by atomic mass is 10.1. The Labute approximate surface area is 213 Å². The van der Waals surface area contributed by atoms with Gasteiger partial charge in [-0.2, -0.15) is 0 Å². The molecule has 15 heteroatoms. The van der Waals surface area contributed by atoms with Crippen LogP contribution in [0.5, 0.6) is 0 Å². The molecule has 0 aliphatic carbocycles. The van der Waals surface area contributed by atoms with Gasteiger partial charge in [0.2, 0.25) is 15.1 Å². The van der Waals surface area contributed by atoms with E-state index in [2.05, 4.69) is 20.3 Å². The normalized spacial score (nSPS) is 21.2. The first-order chi connectivity index (χ1) is 15.7. The lowest BCUT2D eigenvalue weighted by Gasteiger charge is -2.31. The van der Waals surface area contributed by atoms with Crippen LogP contribution in [0.2, 0.25) is 0 Å². The van der Waals surface area contributed by atoms with Gasteiger partial charge in [-0.05, 0) is 18.2 Å². The second kappa shape index (κ2) is 14.2. The highest BCUT2D eigenvalue weighted by Crippen LogP contribution is 2.25. The average Bonchev–Trinajstić information content (AvgIpc) is 2.77. The van der Waals surface area contributed by atoms with Crippen molar-refractivity contribution in [2.24, 2.45) is 4.99 Å². The maximum absolute atomic E-state index is 12.2. The molecule has 0 aromatic heterocycles. The predicted octanol–water partition coefficient (Wildman–Crippen LogP) is 3.05. The Kier molecular flexibility index (Phi) is 12.0. The summed E-state index contributed by atoms with van der Waals surface area (Å²) in [5, 5.41) is 5.44. The van der Waals surface area contributed by atoms with Crippen LogP contribution in [0.3, 0.4) is 0 Å². The molecule has 1 fully saturated rings. The van der Waals surface area contributed by atoms with Crippen LogP contribution in [0.1, 0.15) is 12.0 Å². The molecule has 1 unspecified atom stereocenters. The molecule has 0 bridgehead atoms. The molecular formula is C18H23Cl3N4O6S2. The molecule has 1 aliphatic rings. The van der Waals surface area contributed by atoms with Crippen LogP contribution in [0.4, 0.5) is 9.59 Å². The number of nitrogens with zero attached hydrogens (tertiary/aromatic N) is 1. The smallest absolute Gasteiger partial charge is 0.413 e. The monoisotopic (exact) mass is 560 g/mol. The van der Waals surface area contributed by atoms with Gasteiger partial charge in [0.1, 0.15) is 13.2 Å². The maximum Gasteiger partial charge on any atom is 0.413 e. The Morgan fingerprint density at radius 1 is 1.27 bits per heavy atom. The molecule has 1 saturated heterocycles. The van der Waals surface area contributed by atoms with E-state index in [0.717, 1.165) is 5.56 Å². The highest BCUT2D eigenvalue weighted by molar-refractivity contribution is 8.13. The van der Waals surface area contributed by atoms with Crippen molar-refractivity contribution >= 4 is 75.2 Å². The van der Waals surface area contributed by atoms with E-state index in [9.17, 15) is 13.8 Å². The molecule has 2 rings (SSSR count). The summed E-state index contributed by atoms with van der Waals surface area (Å²) in [5.41, 5.74) is 0.849. The average molecular weight is 562 g/mol. The van der Waals surface area contributed by atoms with E-state index in [1.807, 2.05) is 30.3 Å². The highest BCUT2D eigenvalue weighted by Gasteiger charge is 2.31. The summed E-state index contributed by atoms with van der Waals surface area (Å²) in [5.74, 6) is 0. The minimum atomic E-state index is -1.72. The van der Waals surface area contributed by atoms with E-state index in [1.54, 1.807) is 6.26 Å². The van der Waals surface area contributed by atoms with Crippen LogP contribution < -0.4 is 15.4 Å². The number of alkyl halides is 3. The number of halogens is 3. The van der Waals surface area contributed by atoms with E-state index in [4.69, 9.17) is 48.5 Å². The number of hydrogen-bond donors (Lipinski definition) is 3. The maximum atomic E-state index is 12.2. The Hall–Kier alpha value is -1.28. The molecule has 1 heterocycles. The minimum Gasteiger partial charge on any atom is -0.445 e. The number of rotatable bonds is 7. The quantitative estimate of drug-likeness (QED) is 0.265. The van der Waals surface area contributed by atoms with E-state index in [0.29, 0.717) is 6.42 Å². The SMILES string of the molecule is CSC(=NCC[C@H]1NS(=O)OC[C@H]1NC(=O)OCc1ccccc1)NC(=O)OCC(Cl)(Cl)Cl. The fourth-order valence-electron chi connectivity index (χ4n) is 2.54. The summed E-state index contributed by atoms with van der Waals surface area (Å²) in [7, 11) is 0. The molecule has 33 heavy (non-hydrogen) atoms.